The fourth-order valence-corrected chi connectivity index (χ4v) is 2.31. The van der Waals surface area contributed by atoms with Gasteiger partial charge in [0.25, 0.3) is 10.1 Å². The van der Waals surface area contributed by atoms with Crippen molar-refractivity contribution in [3.8, 4) is 6.07 Å². The second kappa shape index (κ2) is 5.58. The molecule has 0 amide bonds. The van der Waals surface area contributed by atoms with Crippen LogP contribution in [0, 0.1) is 11.3 Å². The van der Waals surface area contributed by atoms with E-state index in [0.717, 1.165) is 0 Å². The van der Waals surface area contributed by atoms with Crippen molar-refractivity contribution in [1.29, 1.82) is 5.26 Å². The van der Waals surface area contributed by atoms with Gasteiger partial charge in [0.2, 0.25) is 0 Å². The van der Waals surface area contributed by atoms with Crippen molar-refractivity contribution < 1.29 is 64.4 Å². The smallest absolute Gasteiger partial charge is 0.282 e. The van der Waals surface area contributed by atoms with Gasteiger partial charge in [-0.15, -0.1) is 0 Å². The molecule has 6 heteroatoms. The van der Waals surface area contributed by atoms with Gasteiger partial charge in [0.15, 0.2) is 0 Å². The Kier molecular flexibility index (Phi) is 4.86. The number of hydrogen-bond donors (Lipinski definition) is 1. The van der Waals surface area contributed by atoms with Crippen LogP contribution < -0.4 is 51.4 Å². The summed E-state index contributed by atoms with van der Waals surface area (Å²) < 4.78 is 31.3. The molecule has 80 valence electrons. The van der Waals surface area contributed by atoms with Gasteiger partial charge in [-0.1, -0.05) is 24.3 Å². The summed E-state index contributed by atoms with van der Waals surface area (Å²) in [6.45, 7) is 0. The summed E-state index contributed by atoms with van der Waals surface area (Å²) in [6, 6.07) is 11.1. The molecular weight excluding hydrogens is 265 g/mol. The zero-order valence-electron chi connectivity index (χ0n) is 9.08. The molecule has 0 bridgehead atoms. The minimum absolute atomic E-state index is 0. The molecule has 2 aromatic rings. The monoisotopic (exact) mass is 272 g/mol. The molecule has 0 aliphatic carbocycles. The number of rotatable bonds is 1. The average molecular weight is 272 g/mol. The first kappa shape index (κ1) is 14.8. The molecule has 0 radical (unpaired) electrons. The minimum atomic E-state index is -4.26. The average Bonchev–Trinajstić information content (AvgIpc) is 2.26. The van der Waals surface area contributed by atoms with E-state index in [1.807, 2.05) is 6.07 Å². The maximum Gasteiger partial charge on any atom is 1.00 e. The minimum Gasteiger partial charge on any atom is -0.282 e. The zero-order valence-corrected chi connectivity index (χ0v) is 13.0. The van der Waals surface area contributed by atoms with Crippen LogP contribution in [0.3, 0.4) is 0 Å². The van der Waals surface area contributed by atoms with Crippen molar-refractivity contribution >= 4 is 20.9 Å². The van der Waals surface area contributed by atoms with Crippen molar-refractivity contribution in [1.82, 2.24) is 0 Å². The van der Waals surface area contributed by atoms with Gasteiger partial charge >= 0.3 is 51.4 Å². The van der Waals surface area contributed by atoms with Gasteiger partial charge in [-0.25, -0.2) is 0 Å². The zero-order chi connectivity index (χ0) is 11.8. The largest absolute Gasteiger partial charge is 1.00 e. The molecule has 17 heavy (non-hydrogen) atoms. The molecule has 2 rings (SSSR count). The number of fused-ring (bicyclic) bond motifs is 1. The van der Waals surface area contributed by atoms with Gasteiger partial charge in [-0.2, -0.15) is 13.7 Å². The quantitative estimate of drug-likeness (QED) is 0.531. The third kappa shape index (κ3) is 2.95. The molecule has 0 atom stereocenters. The molecule has 0 aliphatic rings. The predicted octanol–water partition coefficient (Wildman–Crippen LogP) is -1.04. The molecule has 1 N–H and O–H groups in total. The molecule has 2 aromatic carbocycles. The molecule has 0 unspecified atom stereocenters. The van der Waals surface area contributed by atoms with Crippen molar-refractivity contribution in [2.45, 2.75) is 4.90 Å². The van der Waals surface area contributed by atoms with E-state index < -0.39 is 10.1 Å². The van der Waals surface area contributed by atoms with Crippen LogP contribution in [0.15, 0.2) is 41.3 Å². The van der Waals surface area contributed by atoms with Gasteiger partial charge in [0, 0.05) is 10.8 Å². The second-order valence-corrected chi connectivity index (χ2v) is 4.63. The standard InChI is InChI=1S/C11H7NO3S.K/c12-7-8-3-1-5-10-9(8)4-2-6-11(10)16(13,14)15;/h1-6H,(H,13,14,15);/q;+1. The van der Waals surface area contributed by atoms with E-state index in [1.54, 1.807) is 24.3 Å². The number of hydrogen-bond acceptors (Lipinski definition) is 3. The summed E-state index contributed by atoms with van der Waals surface area (Å²) in [6.07, 6.45) is 0. The van der Waals surface area contributed by atoms with Crippen molar-refractivity contribution in [2.75, 3.05) is 0 Å². The first-order valence-electron chi connectivity index (χ1n) is 4.43. The Morgan fingerprint density at radius 2 is 1.65 bits per heavy atom. The van der Waals surface area contributed by atoms with Crippen LogP contribution in [-0.4, -0.2) is 13.0 Å². The van der Waals surface area contributed by atoms with Crippen LogP contribution in [0.5, 0.6) is 0 Å². The molecule has 0 spiro atoms. The number of benzene rings is 2. The van der Waals surface area contributed by atoms with Gasteiger partial charge < -0.3 is 0 Å². The van der Waals surface area contributed by atoms with E-state index in [2.05, 4.69) is 0 Å². The Labute approximate surface area is 141 Å². The summed E-state index contributed by atoms with van der Waals surface area (Å²) in [7, 11) is -4.26. The Bertz CT molecular complexity index is 704. The third-order valence-corrected chi connectivity index (χ3v) is 3.19. The maximum atomic E-state index is 11.1. The Morgan fingerprint density at radius 1 is 1.06 bits per heavy atom. The predicted molar refractivity (Wildman–Crippen MR) is 58.5 cm³/mol. The maximum absolute atomic E-state index is 11.1. The van der Waals surface area contributed by atoms with E-state index in [9.17, 15) is 8.42 Å². The molecule has 0 heterocycles. The van der Waals surface area contributed by atoms with Gasteiger partial charge in [-0.05, 0) is 12.1 Å². The summed E-state index contributed by atoms with van der Waals surface area (Å²) >= 11 is 0. The number of nitrogens with zero attached hydrogens (tertiary/aromatic N) is 1. The number of nitriles is 1. The normalized spacial score (nSPS) is 10.6. The van der Waals surface area contributed by atoms with Crippen molar-refractivity contribution in [2.24, 2.45) is 0 Å². The molecule has 0 fully saturated rings. The van der Waals surface area contributed by atoms with Gasteiger partial charge in [0.05, 0.1) is 11.6 Å². The van der Waals surface area contributed by atoms with Crippen LogP contribution in [0.4, 0.5) is 0 Å². The molecule has 0 saturated heterocycles. The van der Waals surface area contributed by atoms with Crippen LogP contribution in [0.2, 0.25) is 0 Å². The van der Waals surface area contributed by atoms with Crippen molar-refractivity contribution in [3.63, 3.8) is 0 Å². The topological polar surface area (TPSA) is 78.2 Å². The summed E-state index contributed by atoms with van der Waals surface area (Å²) in [5.41, 5.74) is 0.378. The summed E-state index contributed by atoms with van der Waals surface area (Å²) in [5, 5.41) is 9.73. The van der Waals surface area contributed by atoms with Crippen LogP contribution >= 0.6 is 0 Å². The Balaban J connectivity index is 0.00000144. The van der Waals surface area contributed by atoms with E-state index >= 15 is 0 Å². The first-order chi connectivity index (χ1) is 7.54. The van der Waals surface area contributed by atoms with E-state index in [1.165, 1.54) is 12.1 Å². The Hall–Kier alpha value is -0.264. The summed E-state index contributed by atoms with van der Waals surface area (Å²) in [5.74, 6) is 0. The van der Waals surface area contributed by atoms with E-state index in [-0.39, 0.29) is 56.3 Å². The fraction of sp³-hybridized carbons (Fsp3) is 0. The Morgan fingerprint density at radius 3 is 2.24 bits per heavy atom. The van der Waals surface area contributed by atoms with Crippen molar-refractivity contribution in [3.05, 3.63) is 42.0 Å². The summed E-state index contributed by atoms with van der Waals surface area (Å²) in [4.78, 5) is -0.179. The molecule has 0 aliphatic heterocycles. The van der Waals surface area contributed by atoms with Gasteiger partial charge in [0.1, 0.15) is 4.90 Å². The van der Waals surface area contributed by atoms with Crippen LogP contribution in [0.25, 0.3) is 10.8 Å². The first-order valence-corrected chi connectivity index (χ1v) is 5.87. The van der Waals surface area contributed by atoms with E-state index in [0.29, 0.717) is 16.3 Å². The van der Waals surface area contributed by atoms with Crippen LogP contribution in [-0.2, 0) is 10.1 Å². The van der Waals surface area contributed by atoms with Gasteiger partial charge in [-0.3, -0.25) is 4.55 Å². The van der Waals surface area contributed by atoms with E-state index in [4.69, 9.17) is 9.81 Å². The third-order valence-electron chi connectivity index (χ3n) is 2.28. The molecular formula is C11H7KNO3S+. The fourth-order valence-electron chi connectivity index (χ4n) is 1.60. The molecule has 0 saturated carbocycles. The SMILES string of the molecule is N#Cc1cccc2c(S(=O)(=O)O)cccc12.[K+]. The molecule has 4 nitrogen and oxygen atoms in total. The van der Waals surface area contributed by atoms with Crippen LogP contribution in [0.1, 0.15) is 5.56 Å². The second-order valence-electron chi connectivity index (χ2n) is 3.24. The molecule has 0 aromatic heterocycles.